The maximum absolute atomic E-state index is 11.9. The zero-order valence-electron chi connectivity index (χ0n) is 12.8. The number of nitrogens with zero attached hydrogens (tertiary/aromatic N) is 1. The summed E-state index contributed by atoms with van der Waals surface area (Å²) < 4.78 is 10.5. The average molecular weight is 298 g/mol. The number of hydrazone groups is 1. The molecule has 2 aromatic rings. The Morgan fingerprint density at radius 3 is 2.45 bits per heavy atom. The van der Waals surface area contributed by atoms with Gasteiger partial charge in [0.15, 0.2) is 11.5 Å². The minimum Gasteiger partial charge on any atom is -0.493 e. The number of carbonyl (C=O) groups excluding carboxylic acids is 1. The van der Waals surface area contributed by atoms with Crippen molar-refractivity contribution in [2.75, 3.05) is 14.2 Å². The van der Waals surface area contributed by atoms with Crippen LogP contribution in [0.4, 0.5) is 0 Å². The largest absolute Gasteiger partial charge is 0.493 e. The second-order valence-electron chi connectivity index (χ2n) is 4.65. The number of aryl methyl sites for hydroxylation is 1. The standard InChI is InChI=1S/C17H18N2O3/c1-12-7-9-13(10-8-12)17(20)19-18-11-14-5-4-6-15(21-2)16(14)22-3/h4-11H,1-3H3,(H,19,20)/b18-11-. The van der Waals surface area contributed by atoms with Gasteiger partial charge in [0.25, 0.3) is 5.91 Å². The van der Waals surface area contributed by atoms with Crippen molar-refractivity contribution < 1.29 is 14.3 Å². The monoisotopic (exact) mass is 298 g/mol. The molecule has 5 nitrogen and oxygen atoms in total. The summed E-state index contributed by atoms with van der Waals surface area (Å²) in [7, 11) is 3.12. The van der Waals surface area contributed by atoms with Crippen LogP contribution in [0, 0.1) is 6.92 Å². The summed E-state index contributed by atoms with van der Waals surface area (Å²) in [5.74, 6) is 0.910. The van der Waals surface area contributed by atoms with Crippen LogP contribution in [0.15, 0.2) is 47.6 Å². The zero-order chi connectivity index (χ0) is 15.9. The molecule has 2 aromatic carbocycles. The van der Waals surface area contributed by atoms with Crippen LogP contribution in [0.25, 0.3) is 0 Å². The van der Waals surface area contributed by atoms with E-state index in [1.807, 2.05) is 31.2 Å². The smallest absolute Gasteiger partial charge is 0.271 e. The third-order valence-electron chi connectivity index (χ3n) is 3.12. The number of ether oxygens (including phenoxy) is 2. The van der Waals surface area contributed by atoms with Crippen LogP contribution in [0.3, 0.4) is 0 Å². The summed E-state index contributed by atoms with van der Waals surface area (Å²) in [6, 6.07) is 12.7. The Kier molecular flexibility index (Phi) is 5.14. The molecule has 0 saturated heterocycles. The molecule has 2 rings (SSSR count). The molecule has 0 fully saturated rings. The van der Waals surface area contributed by atoms with Crippen LogP contribution in [-0.4, -0.2) is 26.3 Å². The van der Waals surface area contributed by atoms with Crippen LogP contribution in [0.5, 0.6) is 11.5 Å². The van der Waals surface area contributed by atoms with E-state index in [1.54, 1.807) is 32.4 Å². The number of methoxy groups -OCH3 is 2. The van der Waals surface area contributed by atoms with Crippen molar-refractivity contribution in [3.63, 3.8) is 0 Å². The van der Waals surface area contributed by atoms with E-state index < -0.39 is 0 Å². The van der Waals surface area contributed by atoms with Gasteiger partial charge in [-0.2, -0.15) is 5.10 Å². The number of hydrogen-bond acceptors (Lipinski definition) is 4. The van der Waals surface area contributed by atoms with Gasteiger partial charge in [0.05, 0.1) is 20.4 Å². The Morgan fingerprint density at radius 2 is 1.82 bits per heavy atom. The van der Waals surface area contributed by atoms with Gasteiger partial charge < -0.3 is 9.47 Å². The third kappa shape index (κ3) is 3.63. The quantitative estimate of drug-likeness (QED) is 0.682. The lowest BCUT2D eigenvalue weighted by Crippen LogP contribution is -2.17. The summed E-state index contributed by atoms with van der Waals surface area (Å²) in [5.41, 5.74) is 4.86. The molecule has 0 aliphatic carbocycles. The lowest BCUT2D eigenvalue weighted by atomic mass is 10.1. The first-order valence-electron chi connectivity index (χ1n) is 6.76. The SMILES string of the molecule is COc1cccc(/C=N\NC(=O)c2ccc(C)cc2)c1OC. The number of para-hydroxylation sites is 1. The summed E-state index contributed by atoms with van der Waals surface area (Å²) >= 11 is 0. The van der Waals surface area contributed by atoms with Crippen LogP contribution >= 0.6 is 0 Å². The Hall–Kier alpha value is -2.82. The summed E-state index contributed by atoms with van der Waals surface area (Å²) in [6.45, 7) is 1.97. The van der Waals surface area contributed by atoms with E-state index >= 15 is 0 Å². The minimum atomic E-state index is -0.266. The lowest BCUT2D eigenvalue weighted by Gasteiger charge is -2.09. The highest BCUT2D eigenvalue weighted by atomic mass is 16.5. The van der Waals surface area contributed by atoms with Crippen molar-refractivity contribution in [1.29, 1.82) is 0 Å². The van der Waals surface area contributed by atoms with Gasteiger partial charge >= 0.3 is 0 Å². The third-order valence-corrected chi connectivity index (χ3v) is 3.12. The van der Waals surface area contributed by atoms with Crippen molar-refractivity contribution in [1.82, 2.24) is 5.43 Å². The Labute approximate surface area is 129 Å². The number of rotatable bonds is 5. The van der Waals surface area contributed by atoms with Gasteiger partial charge in [-0.3, -0.25) is 4.79 Å². The average Bonchev–Trinajstić information content (AvgIpc) is 2.55. The molecule has 0 aromatic heterocycles. The van der Waals surface area contributed by atoms with Crippen molar-refractivity contribution in [2.45, 2.75) is 6.92 Å². The molecule has 0 atom stereocenters. The molecule has 0 bridgehead atoms. The van der Waals surface area contributed by atoms with Crippen molar-refractivity contribution in [2.24, 2.45) is 5.10 Å². The number of carbonyl (C=O) groups is 1. The van der Waals surface area contributed by atoms with Gasteiger partial charge in [-0.25, -0.2) is 5.43 Å². The van der Waals surface area contributed by atoms with Gasteiger partial charge in [-0.1, -0.05) is 23.8 Å². The molecule has 1 N–H and O–H groups in total. The van der Waals surface area contributed by atoms with Gasteiger partial charge in [-0.15, -0.1) is 0 Å². The summed E-state index contributed by atoms with van der Waals surface area (Å²) in [6.07, 6.45) is 1.52. The molecule has 0 unspecified atom stereocenters. The summed E-state index contributed by atoms with van der Waals surface area (Å²) in [4.78, 5) is 11.9. The molecule has 0 spiro atoms. The van der Waals surface area contributed by atoms with Gasteiger partial charge in [-0.05, 0) is 31.2 Å². The van der Waals surface area contributed by atoms with Crippen LogP contribution in [0.2, 0.25) is 0 Å². The van der Waals surface area contributed by atoms with Crippen LogP contribution in [-0.2, 0) is 0 Å². The highest BCUT2D eigenvalue weighted by molar-refractivity contribution is 5.95. The first kappa shape index (κ1) is 15.6. The molecule has 0 aliphatic heterocycles. The normalized spacial score (nSPS) is 10.5. The van der Waals surface area contributed by atoms with Gasteiger partial charge in [0, 0.05) is 11.1 Å². The van der Waals surface area contributed by atoms with E-state index in [4.69, 9.17) is 9.47 Å². The first-order chi connectivity index (χ1) is 10.7. The number of amides is 1. The number of benzene rings is 2. The zero-order valence-corrected chi connectivity index (χ0v) is 12.8. The fourth-order valence-electron chi connectivity index (χ4n) is 1.94. The molecule has 5 heteroatoms. The van der Waals surface area contributed by atoms with Gasteiger partial charge in [0.1, 0.15) is 0 Å². The lowest BCUT2D eigenvalue weighted by molar-refractivity contribution is 0.0955. The first-order valence-corrected chi connectivity index (χ1v) is 6.76. The minimum absolute atomic E-state index is 0.266. The molecule has 1 amide bonds. The molecule has 0 saturated carbocycles. The van der Waals surface area contributed by atoms with E-state index in [-0.39, 0.29) is 5.91 Å². The van der Waals surface area contributed by atoms with Crippen molar-refractivity contribution >= 4 is 12.1 Å². The second-order valence-corrected chi connectivity index (χ2v) is 4.65. The van der Waals surface area contributed by atoms with E-state index in [1.165, 1.54) is 6.21 Å². The van der Waals surface area contributed by atoms with E-state index in [0.29, 0.717) is 22.6 Å². The topological polar surface area (TPSA) is 59.9 Å². The molecule has 114 valence electrons. The number of nitrogens with one attached hydrogen (secondary N) is 1. The predicted molar refractivity (Wildman–Crippen MR) is 85.8 cm³/mol. The highest BCUT2D eigenvalue weighted by Crippen LogP contribution is 2.29. The fourth-order valence-corrected chi connectivity index (χ4v) is 1.94. The Bertz CT molecular complexity index is 679. The molecular weight excluding hydrogens is 280 g/mol. The fraction of sp³-hybridized carbons (Fsp3) is 0.176. The maximum atomic E-state index is 11.9. The molecule has 0 heterocycles. The predicted octanol–water partition coefficient (Wildman–Crippen LogP) is 2.78. The van der Waals surface area contributed by atoms with E-state index in [0.717, 1.165) is 5.56 Å². The van der Waals surface area contributed by atoms with Crippen molar-refractivity contribution in [3.05, 3.63) is 59.2 Å². The van der Waals surface area contributed by atoms with Crippen LogP contribution < -0.4 is 14.9 Å². The summed E-state index contributed by atoms with van der Waals surface area (Å²) in [5, 5.41) is 3.96. The maximum Gasteiger partial charge on any atom is 0.271 e. The molecule has 0 radical (unpaired) electrons. The number of hydrogen-bond donors (Lipinski definition) is 1. The van der Waals surface area contributed by atoms with E-state index in [9.17, 15) is 4.79 Å². The Balaban J connectivity index is 2.09. The highest BCUT2D eigenvalue weighted by Gasteiger charge is 2.08. The van der Waals surface area contributed by atoms with Gasteiger partial charge in [0.2, 0.25) is 0 Å². The molecule has 0 aliphatic rings. The van der Waals surface area contributed by atoms with Crippen LogP contribution in [0.1, 0.15) is 21.5 Å². The van der Waals surface area contributed by atoms with E-state index in [2.05, 4.69) is 10.5 Å². The Morgan fingerprint density at radius 1 is 1.09 bits per heavy atom. The molecule has 22 heavy (non-hydrogen) atoms. The second kappa shape index (κ2) is 7.26. The molecular formula is C17H18N2O3. The van der Waals surface area contributed by atoms with Crippen molar-refractivity contribution in [3.8, 4) is 11.5 Å².